The molecule has 4 heteroatoms. The van der Waals surface area contributed by atoms with Crippen LogP contribution in [-0.4, -0.2) is 30.1 Å². The summed E-state index contributed by atoms with van der Waals surface area (Å²) in [5.74, 6) is -0.333. The highest BCUT2D eigenvalue weighted by Gasteiger charge is 2.22. The number of hydrogen-bond donors (Lipinski definition) is 1. The molecule has 3 nitrogen and oxygen atoms in total. The molecule has 0 aliphatic carbocycles. The molecule has 18 heavy (non-hydrogen) atoms. The Morgan fingerprint density at radius 3 is 2.94 bits per heavy atom. The first-order chi connectivity index (χ1) is 8.58. The predicted molar refractivity (Wildman–Crippen MR) is 68.5 cm³/mol. The normalized spacial score (nSPS) is 24.8. The fourth-order valence-electron chi connectivity index (χ4n) is 2.36. The van der Waals surface area contributed by atoms with Gasteiger partial charge in [0.25, 0.3) is 0 Å². The van der Waals surface area contributed by atoms with Crippen molar-refractivity contribution < 1.29 is 4.39 Å². The molecule has 96 valence electrons. The summed E-state index contributed by atoms with van der Waals surface area (Å²) in [5, 5.41) is 12.3. The second kappa shape index (κ2) is 5.47. The number of nitrogens with zero attached hydrogens (tertiary/aromatic N) is 2. The fourth-order valence-corrected chi connectivity index (χ4v) is 2.36. The number of nitrogens with one attached hydrogen (secondary N) is 1. The van der Waals surface area contributed by atoms with Crippen molar-refractivity contribution in [2.45, 2.75) is 32.5 Å². The van der Waals surface area contributed by atoms with Gasteiger partial charge < -0.3 is 5.32 Å². The van der Waals surface area contributed by atoms with Crippen LogP contribution >= 0.6 is 0 Å². The highest BCUT2D eigenvalue weighted by Crippen LogP contribution is 2.15. The molecule has 1 aromatic carbocycles. The van der Waals surface area contributed by atoms with Gasteiger partial charge in [0.15, 0.2) is 0 Å². The Labute approximate surface area is 107 Å². The van der Waals surface area contributed by atoms with E-state index in [0.29, 0.717) is 24.2 Å². The maximum absolute atomic E-state index is 13.4. The molecule has 1 aromatic rings. The lowest BCUT2D eigenvalue weighted by molar-refractivity contribution is 0.138. The molecule has 1 N–H and O–H groups in total. The first-order valence-electron chi connectivity index (χ1n) is 6.25. The van der Waals surface area contributed by atoms with Gasteiger partial charge in [-0.1, -0.05) is 0 Å². The molecule has 1 aliphatic rings. The summed E-state index contributed by atoms with van der Waals surface area (Å²) < 4.78 is 13.4. The van der Waals surface area contributed by atoms with Crippen LogP contribution in [0.3, 0.4) is 0 Å². The van der Waals surface area contributed by atoms with Crippen LogP contribution < -0.4 is 5.32 Å². The van der Waals surface area contributed by atoms with E-state index >= 15 is 0 Å². The van der Waals surface area contributed by atoms with Crippen LogP contribution in [0.4, 0.5) is 4.39 Å². The lowest BCUT2D eigenvalue weighted by atomic mass is 10.1. The van der Waals surface area contributed by atoms with E-state index in [4.69, 9.17) is 5.26 Å². The van der Waals surface area contributed by atoms with E-state index in [0.717, 1.165) is 18.7 Å². The molecule has 0 saturated carbocycles. The minimum absolute atomic E-state index is 0.333. The second-order valence-corrected chi connectivity index (χ2v) is 5.05. The van der Waals surface area contributed by atoms with Gasteiger partial charge in [-0.3, -0.25) is 4.90 Å². The van der Waals surface area contributed by atoms with Crippen LogP contribution in [0.5, 0.6) is 0 Å². The topological polar surface area (TPSA) is 39.1 Å². The summed E-state index contributed by atoms with van der Waals surface area (Å²) in [6.07, 6.45) is 0. The fraction of sp³-hybridized carbons (Fsp3) is 0.500. The van der Waals surface area contributed by atoms with Crippen molar-refractivity contribution in [1.82, 2.24) is 10.2 Å². The standard InChI is InChI=1S/C14H18FN3/c1-10-8-18(11(2)7-17-10)9-13-3-12(6-16)4-14(15)5-13/h3-5,10-11,17H,7-9H2,1-2H3. The van der Waals surface area contributed by atoms with Gasteiger partial charge in [0, 0.05) is 31.7 Å². The Hall–Kier alpha value is -1.44. The third-order valence-electron chi connectivity index (χ3n) is 3.37. The van der Waals surface area contributed by atoms with Crippen LogP contribution in [0.15, 0.2) is 18.2 Å². The number of benzene rings is 1. The van der Waals surface area contributed by atoms with Gasteiger partial charge >= 0.3 is 0 Å². The summed E-state index contributed by atoms with van der Waals surface area (Å²) in [5.41, 5.74) is 1.26. The maximum Gasteiger partial charge on any atom is 0.124 e. The molecule has 1 fully saturated rings. The molecular weight excluding hydrogens is 229 g/mol. The lowest BCUT2D eigenvalue weighted by Crippen LogP contribution is -2.53. The van der Waals surface area contributed by atoms with Crippen molar-refractivity contribution in [2.75, 3.05) is 13.1 Å². The Morgan fingerprint density at radius 1 is 1.44 bits per heavy atom. The smallest absolute Gasteiger partial charge is 0.124 e. The Bertz CT molecular complexity index is 467. The van der Waals surface area contributed by atoms with E-state index in [1.165, 1.54) is 12.1 Å². The Morgan fingerprint density at radius 2 is 2.22 bits per heavy atom. The van der Waals surface area contributed by atoms with Crippen LogP contribution in [-0.2, 0) is 6.54 Å². The highest BCUT2D eigenvalue weighted by molar-refractivity contribution is 5.33. The van der Waals surface area contributed by atoms with Crippen molar-refractivity contribution in [1.29, 1.82) is 5.26 Å². The molecule has 2 rings (SSSR count). The van der Waals surface area contributed by atoms with Crippen molar-refractivity contribution in [3.63, 3.8) is 0 Å². The molecule has 0 spiro atoms. The first kappa shape index (κ1) is 13.0. The average Bonchev–Trinajstić information content (AvgIpc) is 2.33. The van der Waals surface area contributed by atoms with Gasteiger partial charge in [-0.25, -0.2) is 4.39 Å². The molecule has 1 aliphatic heterocycles. The Kier molecular flexibility index (Phi) is 3.95. The van der Waals surface area contributed by atoms with Crippen LogP contribution in [0.25, 0.3) is 0 Å². The van der Waals surface area contributed by atoms with E-state index in [1.807, 2.05) is 6.07 Å². The molecular formula is C14H18FN3. The number of piperazine rings is 1. The summed E-state index contributed by atoms with van der Waals surface area (Å²) in [6.45, 7) is 6.88. The number of hydrogen-bond acceptors (Lipinski definition) is 3. The summed E-state index contributed by atoms with van der Waals surface area (Å²) >= 11 is 0. The zero-order valence-corrected chi connectivity index (χ0v) is 10.8. The predicted octanol–water partition coefficient (Wildman–Crippen LogP) is 1.88. The van der Waals surface area contributed by atoms with Gasteiger partial charge in [-0.2, -0.15) is 5.26 Å². The van der Waals surface area contributed by atoms with E-state index in [-0.39, 0.29) is 5.82 Å². The van der Waals surface area contributed by atoms with Crippen molar-refractivity contribution in [3.8, 4) is 6.07 Å². The number of rotatable bonds is 2. The molecule has 2 unspecified atom stereocenters. The maximum atomic E-state index is 13.4. The van der Waals surface area contributed by atoms with Gasteiger partial charge in [0.05, 0.1) is 11.6 Å². The van der Waals surface area contributed by atoms with Gasteiger partial charge in [0.2, 0.25) is 0 Å². The molecule has 1 heterocycles. The van der Waals surface area contributed by atoms with Gasteiger partial charge in [0.1, 0.15) is 5.82 Å². The summed E-state index contributed by atoms with van der Waals surface area (Å²) in [6, 6.07) is 7.42. The third kappa shape index (κ3) is 3.06. The zero-order chi connectivity index (χ0) is 13.1. The molecule has 0 bridgehead atoms. The molecule has 1 saturated heterocycles. The summed E-state index contributed by atoms with van der Waals surface area (Å²) in [4.78, 5) is 2.32. The van der Waals surface area contributed by atoms with E-state index in [1.54, 1.807) is 6.07 Å². The summed E-state index contributed by atoms with van der Waals surface area (Å²) in [7, 11) is 0. The minimum Gasteiger partial charge on any atom is -0.311 e. The van der Waals surface area contributed by atoms with Crippen LogP contribution in [0.2, 0.25) is 0 Å². The van der Waals surface area contributed by atoms with Crippen LogP contribution in [0.1, 0.15) is 25.0 Å². The second-order valence-electron chi connectivity index (χ2n) is 5.05. The van der Waals surface area contributed by atoms with E-state index in [2.05, 4.69) is 24.1 Å². The van der Waals surface area contributed by atoms with E-state index in [9.17, 15) is 4.39 Å². The first-order valence-corrected chi connectivity index (χ1v) is 6.25. The van der Waals surface area contributed by atoms with Crippen molar-refractivity contribution in [2.24, 2.45) is 0 Å². The largest absolute Gasteiger partial charge is 0.311 e. The molecule has 2 atom stereocenters. The van der Waals surface area contributed by atoms with Gasteiger partial charge in [-0.15, -0.1) is 0 Å². The highest BCUT2D eigenvalue weighted by atomic mass is 19.1. The van der Waals surface area contributed by atoms with Gasteiger partial charge in [-0.05, 0) is 37.6 Å². The SMILES string of the molecule is CC1CN(Cc2cc(F)cc(C#N)c2)C(C)CN1. The minimum atomic E-state index is -0.333. The molecule has 0 aromatic heterocycles. The van der Waals surface area contributed by atoms with Crippen molar-refractivity contribution in [3.05, 3.63) is 35.1 Å². The third-order valence-corrected chi connectivity index (χ3v) is 3.37. The zero-order valence-electron chi connectivity index (χ0n) is 10.8. The molecule has 0 amide bonds. The van der Waals surface area contributed by atoms with Crippen molar-refractivity contribution >= 4 is 0 Å². The lowest BCUT2D eigenvalue weighted by Gasteiger charge is -2.37. The number of halogens is 1. The average molecular weight is 247 g/mol. The monoisotopic (exact) mass is 247 g/mol. The van der Waals surface area contributed by atoms with E-state index < -0.39 is 0 Å². The quantitative estimate of drug-likeness (QED) is 0.867. The molecule has 0 radical (unpaired) electrons. The number of nitriles is 1. The van der Waals surface area contributed by atoms with Crippen LogP contribution in [0, 0.1) is 17.1 Å². The Balaban J connectivity index is 2.13.